The Kier molecular flexibility index (Phi) is 3.01. The second-order valence-electron chi connectivity index (χ2n) is 3.25. The van der Waals surface area contributed by atoms with Crippen LogP contribution in [0.15, 0.2) is 28.3 Å². The molecule has 0 saturated carbocycles. The van der Waals surface area contributed by atoms with Crippen molar-refractivity contribution >= 4 is 22.7 Å². The fourth-order valence-electron chi connectivity index (χ4n) is 1.57. The maximum Gasteiger partial charge on any atom is 0.0679 e. The van der Waals surface area contributed by atoms with Crippen LogP contribution in [0, 0.1) is 6.92 Å². The van der Waals surface area contributed by atoms with Gasteiger partial charge in [0.2, 0.25) is 0 Å². The summed E-state index contributed by atoms with van der Waals surface area (Å²) in [5, 5.41) is 9.86. The van der Waals surface area contributed by atoms with Crippen LogP contribution in [0.2, 0.25) is 0 Å². The molecule has 2 aromatic rings. The first-order chi connectivity index (χ1) is 6.83. The second kappa shape index (κ2) is 4.26. The zero-order valence-electron chi connectivity index (χ0n) is 8.28. The lowest BCUT2D eigenvalue weighted by Gasteiger charge is -2.14. The summed E-state index contributed by atoms with van der Waals surface area (Å²) >= 11 is 3.57. The number of hydrogen-bond donors (Lipinski definition) is 1. The molecule has 0 saturated heterocycles. The van der Waals surface area contributed by atoms with Gasteiger partial charge in [0, 0.05) is 4.88 Å². The number of nitrogens with one attached hydrogen (secondary N) is 1. The lowest BCUT2D eigenvalue weighted by Crippen LogP contribution is -2.16. The molecule has 2 rings (SSSR count). The van der Waals surface area contributed by atoms with Gasteiger partial charge in [0.15, 0.2) is 0 Å². The summed E-state index contributed by atoms with van der Waals surface area (Å²) in [6.45, 7) is 2.17. The van der Waals surface area contributed by atoms with Crippen LogP contribution in [0.25, 0.3) is 0 Å². The first kappa shape index (κ1) is 9.90. The highest BCUT2D eigenvalue weighted by molar-refractivity contribution is 7.10. The van der Waals surface area contributed by atoms with Crippen LogP contribution < -0.4 is 5.32 Å². The van der Waals surface area contributed by atoms with Crippen LogP contribution in [0.3, 0.4) is 0 Å². The Hall–Kier alpha value is -0.640. The van der Waals surface area contributed by atoms with Crippen LogP contribution >= 0.6 is 22.7 Å². The Labute approximate surface area is 92.4 Å². The van der Waals surface area contributed by atoms with E-state index < -0.39 is 0 Å². The molecule has 0 amide bonds. The Morgan fingerprint density at radius 2 is 2.14 bits per heavy atom. The highest BCUT2D eigenvalue weighted by Gasteiger charge is 2.15. The first-order valence-corrected chi connectivity index (χ1v) is 6.38. The molecule has 0 aliphatic heterocycles. The van der Waals surface area contributed by atoms with E-state index in [1.807, 2.05) is 18.4 Å². The van der Waals surface area contributed by atoms with Gasteiger partial charge in [0.1, 0.15) is 0 Å². The van der Waals surface area contributed by atoms with Gasteiger partial charge in [-0.25, -0.2) is 0 Å². The summed E-state index contributed by atoms with van der Waals surface area (Å²) in [4.78, 5) is 1.42. The van der Waals surface area contributed by atoms with Gasteiger partial charge in [0.05, 0.1) is 6.04 Å². The molecule has 2 aromatic heterocycles. The lowest BCUT2D eigenvalue weighted by molar-refractivity contribution is 0.703. The van der Waals surface area contributed by atoms with Crippen LogP contribution in [-0.2, 0) is 0 Å². The first-order valence-electron chi connectivity index (χ1n) is 4.56. The van der Waals surface area contributed by atoms with Crippen molar-refractivity contribution < 1.29 is 0 Å². The van der Waals surface area contributed by atoms with E-state index in [4.69, 9.17) is 0 Å². The monoisotopic (exact) mass is 223 g/mol. The number of rotatable bonds is 3. The van der Waals surface area contributed by atoms with Gasteiger partial charge in [-0.1, -0.05) is 0 Å². The number of hydrogen-bond acceptors (Lipinski definition) is 3. The van der Waals surface area contributed by atoms with E-state index in [-0.39, 0.29) is 0 Å². The minimum absolute atomic E-state index is 0.362. The third-order valence-electron chi connectivity index (χ3n) is 2.33. The Balaban J connectivity index is 2.36. The molecular formula is C11H13NS2. The third kappa shape index (κ3) is 1.75. The van der Waals surface area contributed by atoms with Gasteiger partial charge >= 0.3 is 0 Å². The molecule has 0 aliphatic carbocycles. The molecule has 1 unspecified atom stereocenters. The molecule has 2 heterocycles. The molecular weight excluding hydrogens is 210 g/mol. The average molecular weight is 223 g/mol. The van der Waals surface area contributed by atoms with Crippen LogP contribution in [0.4, 0.5) is 0 Å². The summed E-state index contributed by atoms with van der Waals surface area (Å²) in [7, 11) is 2.02. The predicted octanol–water partition coefficient (Wildman–Crippen LogP) is 3.43. The highest BCUT2D eigenvalue weighted by atomic mass is 32.1. The molecule has 0 fully saturated rings. The summed E-state index contributed by atoms with van der Waals surface area (Å²) in [5.74, 6) is 0. The van der Waals surface area contributed by atoms with Gasteiger partial charge < -0.3 is 5.32 Å². The van der Waals surface area contributed by atoms with Gasteiger partial charge in [-0.3, -0.25) is 0 Å². The molecule has 1 nitrogen and oxygen atoms in total. The van der Waals surface area contributed by atoms with Crippen molar-refractivity contribution in [1.29, 1.82) is 0 Å². The van der Waals surface area contributed by atoms with E-state index in [1.165, 1.54) is 16.0 Å². The van der Waals surface area contributed by atoms with Crippen molar-refractivity contribution in [3.63, 3.8) is 0 Å². The van der Waals surface area contributed by atoms with E-state index >= 15 is 0 Å². The zero-order chi connectivity index (χ0) is 9.97. The molecule has 1 atom stereocenters. The molecule has 0 aliphatic rings. The maximum atomic E-state index is 3.36. The highest BCUT2D eigenvalue weighted by Crippen LogP contribution is 2.29. The van der Waals surface area contributed by atoms with Crippen LogP contribution in [0.5, 0.6) is 0 Å². The zero-order valence-corrected chi connectivity index (χ0v) is 9.91. The standard InChI is InChI=1S/C11H13NS2/c1-8-3-6-14-11(8)10(12-2)9-4-5-13-7-9/h3-7,10,12H,1-2H3. The van der Waals surface area contributed by atoms with E-state index in [2.05, 4.69) is 40.5 Å². The molecule has 14 heavy (non-hydrogen) atoms. The quantitative estimate of drug-likeness (QED) is 0.840. The Bertz CT molecular complexity index is 389. The third-order valence-corrected chi connectivity index (χ3v) is 4.11. The SMILES string of the molecule is CNC(c1ccsc1)c1sccc1C. The van der Waals surface area contributed by atoms with Crippen molar-refractivity contribution in [3.05, 3.63) is 44.3 Å². The minimum atomic E-state index is 0.362. The van der Waals surface area contributed by atoms with E-state index in [9.17, 15) is 0 Å². The normalized spacial score (nSPS) is 13.0. The lowest BCUT2D eigenvalue weighted by atomic mass is 10.1. The predicted molar refractivity (Wildman–Crippen MR) is 64.3 cm³/mol. The van der Waals surface area contributed by atoms with Crippen molar-refractivity contribution in [2.75, 3.05) is 7.05 Å². The number of thiophene rings is 2. The van der Waals surface area contributed by atoms with E-state index in [0.29, 0.717) is 6.04 Å². The van der Waals surface area contributed by atoms with Crippen molar-refractivity contribution in [3.8, 4) is 0 Å². The molecule has 3 heteroatoms. The summed E-state index contributed by atoms with van der Waals surface area (Å²) in [6, 6.07) is 4.73. The van der Waals surface area contributed by atoms with Crippen molar-refractivity contribution in [2.45, 2.75) is 13.0 Å². The van der Waals surface area contributed by atoms with Gasteiger partial charge in [-0.2, -0.15) is 11.3 Å². The van der Waals surface area contributed by atoms with E-state index in [0.717, 1.165) is 0 Å². The molecule has 0 radical (unpaired) electrons. The molecule has 1 N–H and O–H groups in total. The number of aryl methyl sites for hydroxylation is 1. The van der Waals surface area contributed by atoms with Gasteiger partial charge in [0.25, 0.3) is 0 Å². The van der Waals surface area contributed by atoms with Crippen molar-refractivity contribution in [2.24, 2.45) is 0 Å². The summed E-state index contributed by atoms with van der Waals surface area (Å²) in [5.41, 5.74) is 2.74. The molecule has 0 aromatic carbocycles. The fourth-order valence-corrected chi connectivity index (χ4v) is 3.32. The van der Waals surface area contributed by atoms with E-state index in [1.54, 1.807) is 11.3 Å². The smallest absolute Gasteiger partial charge is 0.0679 e. The minimum Gasteiger partial charge on any atom is -0.309 e. The molecule has 0 bridgehead atoms. The fraction of sp³-hybridized carbons (Fsp3) is 0.273. The van der Waals surface area contributed by atoms with Gasteiger partial charge in [-0.05, 0) is 53.4 Å². The molecule has 74 valence electrons. The Morgan fingerprint density at radius 3 is 2.64 bits per heavy atom. The van der Waals surface area contributed by atoms with Crippen LogP contribution in [0.1, 0.15) is 22.0 Å². The average Bonchev–Trinajstić information content (AvgIpc) is 2.80. The maximum absolute atomic E-state index is 3.36. The summed E-state index contributed by atoms with van der Waals surface area (Å²) < 4.78 is 0. The van der Waals surface area contributed by atoms with Gasteiger partial charge in [-0.15, -0.1) is 11.3 Å². The second-order valence-corrected chi connectivity index (χ2v) is 4.97. The Morgan fingerprint density at radius 1 is 1.29 bits per heavy atom. The summed E-state index contributed by atoms with van der Waals surface area (Å²) in [6.07, 6.45) is 0. The van der Waals surface area contributed by atoms with Crippen molar-refractivity contribution in [1.82, 2.24) is 5.32 Å². The topological polar surface area (TPSA) is 12.0 Å². The molecule has 0 spiro atoms. The van der Waals surface area contributed by atoms with Crippen LogP contribution in [-0.4, -0.2) is 7.05 Å². The largest absolute Gasteiger partial charge is 0.309 e.